The molecule has 0 aliphatic carbocycles. The fraction of sp³-hybridized carbons (Fsp3) is 0.278. The molecule has 0 aliphatic rings. The molecule has 1 amide bonds. The third kappa shape index (κ3) is 6.94. The standard InChI is InChI=1S/C18H22N2O4S/c1-25(22,23)12-11-17(19)18(21)20-15-7-9-16(10-8-15)24-13-14-5-3-2-4-6-14/h2-10,17H,11-13,19H2,1H3,(H,20,21). The summed E-state index contributed by atoms with van der Waals surface area (Å²) in [6.45, 7) is 0.461. The molecule has 0 saturated carbocycles. The number of nitrogens with one attached hydrogen (secondary N) is 1. The zero-order valence-electron chi connectivity index (χ0n) is 14.0. The Morgan fingerprint density at radius 2 is 1.76 bits per heavy atom. The van der Waals surface area contributed by atoms with Crippen LogP contribution in [0, 0.1) is 0 Å². The summed E-state index contributed by atoms with van der Waals surface area (Å²) in [5.74, 6) is 0.151. The molecule has 0 bridgehead atoms. The summed E-state index contributed by atoms with van der Waals surface area (Å²) in [6.07, 6.45) is 1.20. The summed E-state index contributed by atoms with van der Waals surface area (Å²) in [6, 6.07) is 15.9. The summed E-state index contributed by atoms with van der Waals surface area (Å²) in [4.78, 5) is 12.0. The van der Waals surface area contributed by atoms with Gasteiger partial charge in [0.1, 0.15) is 22.2 Å². The van der Waals surface area contributed by atoms with E-state index in [2.05, 4.69) is 5.32 Å². The largest absolute Gasteiger partial charge is 0.489 e. The van der Waals surface area contributed by atoms with E-state index in [4.69, 9.17) is 10.5 Å². The van der Waals surface area contributed by atoms with Crippen molar-refractivity contribution in [3.63, 3.8) is 0 Å². The van der Waals surface area contributed by atoms with E-state index in [1.807, 2.05) is 30.3 Å². The van der Waals surface area contributed by atoms with Crippen LogP contribution >= 0.6 is 0 Å². The lowest BCUT2D eigenvalue weighted by molar-refractivity contribution is -0.117. The molecule has 1 unspecified atom stereocenters. The number of sulfone groups is 1. The Morgan fingerprint density at radius 3 is 2.36 bits per heavy atom. The quantitative estimate of drug-likeness (QED) is 0.748. The number of rotatable bonds is 8. The number of ether oxygens (including phenoxy) is 1. The highest BCUT2D eigenvalue weighted by Crippen LogP contribution is 2.17. The molecule has 2 aromatic carbocycles. The van der Waals surface area contributed by atoms with Gasteiger partial charge in [0, 0.05) is 11.9 Å². The lowest BCUT2D eigenvalue weighted by Crippen LogP contribution is -2.37. The van der Waals surface area contributed by atoms with Gasteiger partial charge in [0.15, 0.2) is 0 Å². The van der Waals surface area contributed by atoms with Gasteiger partial charge in [-0.2, -0.15) is 0 Å². The van der Waals surface area contributed by atoms with E-state index in [0.29, 0.717) is 18.0 Å². The molecule has 0 spiro atoms. The Kier molecular flexibility index (Phi) is 6.55. The number of nitrogens with two attached hydrogens (primary N) is 1. The fourth-order valence-electron chi connectivity index (χ4n) is 2.08. The van der Waals surface area contributed by atoms with Crippen LogP contribution in [0.1, 0.15) is 12.0 Å². The van der Waals surface area contributed by atoms with Gasteiger partial charge in [-0.15, -0.1) is 0 Å². The number of anilines is 1. The molecule has 0 radical (unpaired) electrons. The van der Waals surface area contributed by atoms with Crippen LogP contribution in [-0.2, 0) is 21.2 Å². The first-order valence-electron chi connectivity index (χ1n) is 7.84. The zero-order valence-corrected chi connectivity index (χ0v) is 14.8. The second kappa shape index (κ2) is 8.64. The highest BCUT2D eigenvalue weighted by Gasteiger charge is 2.16. The summed E-state index contributed by atoms with van der Waals surface area (Å²) in [5, 5.41) is 2.66. The molecule has 134 valence electrons. The summed E-state index contributed by atoms with van der Waals surface area (Å²) >= 11 is 0. The van der Waals surface area contributed by atoms with Crippen LogP contribution in [0.15, 0.2) is 54.6 Å². The smallest absolute Gasteiger partial charge is 0.241 e. The highest BCUT2D eigenvalue weighted by atomic mass is 32.2. The molecule has 3 N–H and O–H groups in total. The molecule has 25 heavy (non-hydrogen) atoms. The molecule has 0 heterocycles. The topological polar surface area (TPSA) is 98.5 Å². The highest BCUT2D eigenvalue weighted by molar-refractivity contribution is 7.90. The Labute approximate surface area is 147 Å². The van der Waals surface area contributed by atoms with Gasteiger partial charge in [-0.3, -0.25) is 4.79 Å². The first-order valence-corrected chi connectivity index (χ1v) is 9.90. The van der Waals surface area contributed by atoms with E-state index in [-0.39, 0.29) is 12.2 Å². The fourth-order valence-corrected chi connectivity index (χ4v) is 2.76. The Hall–Kier alpha value is -2.38. The second-order valence-corrected chi connectivity index (χ2v) is 8.07. The van der Waals surface area contributed by atoms with Crippen molar-refractivity contribution in [2.24, 2.45) is 5.73 Å². The normalized spacial score (nSPS) is 12.4. The number of hydrogen-bond donors (Lipinski definition) is 2. The van der Waals surface area contributed by atoms with E-state index in [0.717, 1.165) is 11.8 Å². The van der Waals surface area contributed by atoms with Gasteiger partial charge in [0.05, 0.1) is 11.8 Å². The van der Waals surface area contributed by atoms with Gasteiger partial charge < -0.3 is 15.8 Å². The van der Waals surface area contributed by atoms with Crippen LogP contribution < -0.4 is 15.8 Å². The van der Waals surface area contributed by atoms with Crippen molar-refractivity contribution >= 4 is 21.4 Å². The van der Waals surface area contributed by atoms with E-state index < -0.39 is 21.8 Å². The van der Waals surface area contributed by atoms with Gasteiger partial charge >= 0.3 is 0 Å². The lowest BCUT2D eigenvalue weighted by atomic mass is 10.2. The van der Waals surface area contributed by atoms with Crippen LogP contribution in [0.5, 0.6) is 5.75 Å². The Balaban J connectivity index is 1.84. The molecule has 2 rings (SSSR count). The minimum atomic E-state index is -3.14. The van der Waals surface area contributed by atoms with Gasteiger partial charge in [0.25, 0.3) is 0 Å². The minimum absolute atomic E-state index is 0.0862. The maximum absolute atomic E-state index is 12.0. The molecule has 2 aromatic rings. The monoisotopic (exact) mass is 362 g/mol. The Bertz CT molecular complexity index is 790. The van der Waals surface area contributed by atoms with Crippen LogP contribution in [0.3, 0.4) is 0 Å². The summed E-state index contributed by atoms with van der Waals surface area (Å²) in [5.41, 5.74) is 7.36. The molecular weight excluding hydrogens is 340 g/mol. The first kappa shape index (κ1) is 19.0. The van der Waals surface area contributed by atoms with E-state index in [9.17, 15) is 13.2 Å². The molecular formula is C18H22N2O4S. The molecule has 0 aliphatic heterocycles. The number of amides is 1. The average molecular weight is 362 g/mol. The first-order chi connectivity index (χ1) is 11.8. The minimum Gasteiger partial charge on any atom is -0.489 e. The third-order valence-electron chi connectivity index (χ3n) is 3.51. The van der Waals surface area contributed by atoms with Gasteiger partial charge in [-0.1, -0.05) is 30.3 Å². The summed E-state index contributed by atoms with van der Waals surface area (Å²) in [7, 11) is -3.14. The summed E-state index contributed by atoms with van der Waals surface area (Å²) < 4.78 is 27.9. The van der Waals surface area contributed by atoms with Gasteiger partial charge in [-0.25, -0.2) is 8.42 Å². The van der Waals surface area contributed by atoms with E-state index in [1.165, 1.54) is 0 Å². The van der Waals surface area contributed by atoms with Crippen LogP contribution in [0.25, 0.3) is 0 Å². The Morgan fingerprint density at radius 1 is 1.12 bits per heavy atom. The van der Waals surface area contributed by atoms with Crippen LogP contribution in [0.4, 0.5) is 5.69 Å². The van der Waals surface area contributed by atoms with Crippen LogP contribution in [-0.4, -0.2) is 32.4 Å². The number of hydrogen-bond acceptors (Lipinski definition) is 5. The van der Waals surface area contributed by atoms with Crippen molar-refractivity contribution in [2.75, 3.05) is 17.3 Å². The molecule has 0 saturated heterocycles. The SMILES string of the molecule is CS(=O)(=O)CCC(N)C(=O)Nc1ccc(OCc2ccccc2)cc1. The van der Waals surface area contributed by atoms with Crippen molar-refractivity contribution in [2.45, 2.75) is 19.1 Å². The lowest BCUT2D eigenvalue weighted by Gasteiger charge is -2.12. The van der Waals surface area contributed by atoms with Crippen molar-refractivity contribution < 1.29 is 17.9 Å². The second-order valence-electron chi connectivity index (χ2n) is 5.81. The van der Waals surface area contributed by atoms with Gasteiger partial charge in [-0.05, 0) is 36.2 Å². The van der Waals surface area contributed by atoms with Crippen molar-refractivity contribution in [3.05, 3.63) is 60.2 Å². The maximum atomic E-state index is 12.0. The number of benzene rings is 2. The molecule has 7 heteroatoms. The van der Waals surface area contributed by atoms with E-state index >= 15 is 0 Å². The zero-order chi connectivity index (χ0) is 18.3. The van der Waals surface area contributed by atoms with Crippen molar-refractivity contribution in [1.29, 1.82) is 0 Å². The molecule has 0 aromatic heterocycles. The molecule has 6 nitrogen and oxygen atoms in total. The molecule has 1 atom stereocenters. The van der Waals surface area contributed by atoms with Crippen molar-refractivity contribution in [3.8, 4) is 5.75 Å². The number of carbonyl (C=O) groups excluding carboxylic acids is 1. The maximum Gasteiger partial charge on any atom is 0.241 e. The van der Waals surface area contributed by atoms with Gasteiger partial charge in [0.2, 0.25) is 5.91 Å². The van der Waals surface area contributed by atoms with E-state index in [1.54, 1.807) is 24.3 Å². The van der Waals surface area contributed by atoms with Crippen LogP contribution in [0.2, 0.25) is 0 Å². The average Bonchev–Trinajstić information content (AvgIpc) is 2.59. The predicted octanol–water partition coefficient (Wildman–Crippen LogP) is 1.97. The molecule has 0 fully saturated rings. The number of carbonyl (C=O) groups is 1. The van der Waals surface area contributed by atoms with Crippen molar-refractivity contribution in [1.82, 2.24) is 0 Å². The predicted molar refractivity (Wildman–Crippen MR) is 98.1 cm³/mol. The third-order valence-corrected chi connectivity index (χ3v) is 4.48.